The summed E-state index contributed by atoms with van der Waals surface area (Å²) in [5.41, 5.74) is 4.19. The summed E-state index contributed by atoms with van der Waals surface area (Å²) in [7, 11) is 0. The molecule has 1 aromatic heterocycles. The van der Waals surface area contributed by atoms with Gasteiger partial charge in [0, 0.05) is 11.1 Å². The standard InChI is InChI=1S/C18H15NO2/c1-11-14(9-10-21-11)18(20)19-16-8-7-13-6-5-12-3-2-4-15(16)17(12)13/h2-4,7-10H,5-6H2,1H3,(H,19,20). The Morgan fingerprint density at radius 3 is 2.67 bits per heavy atom. The second-order valence-corrected chi connectivity index (χ2v) is 5.46. The summed E-state index contributed by atoms with van der Waals surface area (Å²) in [6, 6.07) is 12.1. The third-order valence-electron chi connectivity index (χ3n) is 4.23. The van der Waals surface area contributed by atoms with Crippen molar-refractivity contribution in [2.45, 2.75) is 19.8 Å². The lowest BCUT2D eigenvalue weighted by molar-refractivity contribution is 0.102. The normalized spacial score (nSPS) is 12.8. The Morgan fingerprint density at radius 2 is 1.90 bits per heavy atom. The van der Waals surface area contributed by atoms with Crippen LogP contribution in [-0.4, -0.2) is 5.91 Å². The van der Waals surface area contributed by atoms with Crippen molar-refractivity contribution in [1.29, 1.82) is 0 Å². The number of anilines is 1. The number of rotatable bonds is 2. The van der Waals surface area contributed by atoms with Gasteiger partial charge in [0.15, 0.2) is 0 Å². The van der Waals surface area contributed by atoms with Gasteiger partial charge in [0.1, 0.15) is 5.76 Å². The van der Waals surface area contributed by atoms with Gasteiger partial charge < -0.3 is 9.73 Å². The minimum absolute atomic E-state index is 0.125. The monoisotopic (exact) mass is 277 g/mol. The first-order valence-electron chi connectivity index (χ1n) is 7.13. The number of aryl methyl sites for hydroxylation is 3. The number of nitrogens with one attached hydrogen (secondary N) is 1. The maximum Gasteiger partial charge on any atom is 0.259 e. The lowest BCUT2D eigenvalue weighted by atomic mass is 10.0. The van der Waals surface area contributed by atoms with Gasteiger partial charge in [-0.1, -0.05) is 24.3 Å². The maximum atomic E-state index is 12.4. The summed E-state index contributed by atoms with van der Waals surface area (Å²) in [6.07, 6.45) is 3.72. The molecule has 0 atom stereocenters. The highest BCUT2D eigenvalue weighted by molar-refractivity contribution is 6.10. The number of amides is 1. The van der Waals surface area contributed by atoms with Crippen LogP contribution in [0.1, 0.15) is 27.2 Å². The van der Waals surface area contributed by atoms with E-state index >= 15 is 0 Å². The predicted molar refractivity (Wildman–Crippen MR) is 82.8 cm³/mol. The SMILES string of the molecule is Cc1occc1C(=O)Nc1ccc2c3c(cccc13)CC2. The van der Waals surface area contributed by atoms with Crippen LogP contribution in [0, 0.1) is 6.92 Å². The van der Waals surface area contributed by atoms with E-state index in [1.165, 1.54) is 22.8 Å². The Hall–Kier alpha value is -2.55. The molecule has 0 saturated heterocycles. The molecule has 1 aliphatic rings. The van der Waals surface area contributed by atoms with Gasteiger partial charge in [0.25, 0.3) is 5.91 Å². The molecule has 3 nitrogen and oxygen atoms in total. The molecule has 0 bridgehead atoms. The Morgan fingerprint density at radius 1 is 1.10 bits per heavy atom. The van der Waals surface area contributed by atoms with Gasteiger partial charge in [-0.3, -0.25) is 4.79 Å². The first kappa shape index (κ1) is 12.2. The molecule has 3 heteroatoms. The van der Waals surface area contributed by atoms with Crippen molar-refractivity contribution in [2.24, 2.45) is 0 Å². The fourth-order valence-corrected chi connectivity index (χ4v) is 3.17. The molecule has 1 aliphatic carbocycles. The lowest BCUT2D eigenvalue weighted by Crippen LogP contribution is -2.12. The van der Waals surface area contributed by atoms with Gasteiger partial charge in [-0.2, -0.15) is 0 Å². The van der Waals surface area contributed by atoms with Crippen molar-refractivity contribution in [3.05, 3.63) is 65.1 Å². The highest BCUT2D eigenvalue weighted by Gasteiger charge is 2.18. The number of furan rings is 1. The Labute approximate surface area is 122 Å². The van der Waals surface area contributed by atoms with Crippen molar-refractivity contribution >= 4 is 22.4 Å². The molecular formula is C18H15NO2. The van der Waals surface area contributed by atoms with Gasteiger partial charge >= 0.3 is 0 Å². The van der Waals surface area contributed by atoms with Gasteiger partial charge in [0.2, 0.25) is 0 Å². The van der Waals surface area contributed by atoms with Crippen LogP contribution in [0.2, 0.25) is 0 Å². The molecule has 21 heavy (non-hydrogen) atoms. The van der Waals surface area contributed by atoms with Gasteiger partial charge in [-0.15, -0.1) is 0 Å². The fourth-order valence-electron chi connectivity index (χ4n) is 3.17. The summed E-state index contributed by atoms with van der Waals surface area (Å²) in [4.78, 5) is 12.4. The first-order valence-corrected chi connectivity index (χ1v) is 7.13. The van der Waals surface area contributed by atoms with E-state index in [1.807, 2.05) is 6.07 Å². The average molecular weight is 277 g/mol. The molecule has 0 radical (unpaired) electrons. The zero-order valence-electron chi connectivity index (χ0n) is 11.8. The predicted octanol–water partition coefficient (Wildman–Crippen LogP) is 4.09. The molecule has 1 heterocycles. The Bertz CT molecular complexity index is 851. The van der Waals surface area contributed by atoms with Crippen LogP contribution in [0.4, 0.5) is 5.69 Å². The maximum absolute atomic E-state index is 12.4. The molecule has 4 rings (SSSR count). The van der Waals surface area contributed by atoms with Crippen LogP contribution >= 0.6 is 0 Å². The lowest BCUT2D eigenvalue weighted by Gasteiger charge is -2.10. The minimum Gasteiger partial charge on any atom is -0.469 e. The highest BCUT2D eigenvalue weighted by atomic mass is 16.3. The third kappa shape index (κ3) is 1.85. The molecule has 0 saturated carbocycles. The molecular weight excluding hydrogens is 262 g/mol. The van der Waals surface area contributed by atoms with E-state index in [9.17, 15) is 4.79 Å². The number of hydrogen-bond donors (Lipinski definition) is 1. The van der Waals surface area contributed by atoms with Crippen molar-refractivity contribution in [2.75, 3.05) is 5.32 Å². The van der Waals surface area contributed by atoms with E-state index in [4.69, 9.17) is 4.42 Å². The summed E-state index contributed by atoms with van der Waals surface area (Å²) < 4.78 is 5.20. The van der Waals surface area contributed by atoms with Gasteiger partial charge in [0.05, 0.1) is 11.8 Å². The van der Waals surface area contributed by atoms with Crippen molar-refractivity contribution in [1.82, 2.24) is 0 Å². The smallest absolute Gasteiger partial charge is 0.259 e. The van der Waals surface area contributed by atoms with Crippen LogP contribution in [-0.2, 0) is 12.8 Å². The summed E-state index contributed by atoms with van der Waals surface area (Å²) >= 11 is 0. The highest BCUT2D eigenvalue weighted by Crippen LogP contribution is 2.35. The van der Waals surface area contributed by atoms with Crippen LogP contribution in [0.5, 0.6) is 0 Å². The second kappa shape index (κ2) is 4.48. The topological polar surface area (TPSA) is 42.2 Å². The van der Waals surface area contributed by atoms with E-state index in [0.717, 1.165) is 23.9 Å². The van der Waals surface area contributed by atoms with Crippen LogP contribution in [0.25, 0.3) is 10.8 Å². The number of hydrogen-bond acceptors (Lipinski definition) is 2. The zero-order valence-corrected chi connectivity index (χ0v) is 11.8. The van der Waals surface area contributed by atoms with E-state index in [0.29, 0.717) is 11.3 Å². The minimum atomic E-state index is -0.125. The molecule has 1 N–H and O–H groups in total. The number of carbonyl (C=O) groups excluding carboxylic acids is 1. The molecule has 0 aliphatic heterocycles. The van der Waals surface area contributed by atoms with E-state index in [1.54, 1.807) is 13.0 Å². The zero-order chi connectivity index (χ0) is 14.4. The van der Waals surface area contributed by atoms with E-state index in [-0.39, 0.29) is 5.91 Å². The Kier molecular flexibility index (Phi) is 2.61. The molecule has 2 aromatic carbocycles. The first-order chi connectivity index (χ1) is 10.2. The second-order valence-electron chi connectivity index (χ2n) is 5.46. The van der Waals surface area contributed by atoms with Crippen LogP contribution in [0.15, 0.2) is 47.1 Å². The van der Waals surface area contributed by atoms with Crippen molar-refractivity contribution in [3.8, 4) is 0 Å². The summed E-state index contributed by atoms with van der Waals surface area (Å²) in [5.74, 6) is 0.512. The van der Waals surface area contributed by atoms with Crippen LogP contribution < -0.4 is 5.32 Å². The molecule has 3 aromatic rings. The molecule has 0 spiro atoms. The fraction of sp³-hybridized carbons (Fsp3) is 0.167. The summed E-state index contributed by atoms with van der Waals surface area (Å²) in [5, 5.41) is 5.44. The van der Waals surface area contributed by atoms with Gasteiger partial charge in [-0.05, 0) is 48.4 Å². The van der Waals surface area contributed by atoms with Crippen molar-refractivity contribution < 1.29 is 9.21 Å². The average Bonchev–Trinajstić information content (AvgIpc) is 3.09. The van der Waals surface area contributed by atoms with Gasteiger partial charge in [-0.25, -0.2) is 0 Å². The summed E-state index contributed by atoms with van der Waals surface area (Å²) in [6.45, 7) is 1.79. The molecule has 0 unspecified atom stereocenters. The van der Waals surface area contributed by atoms with Crippen LogP contribution in [0.3, 0.4) is 0 Å². The van der Waals surface area contributed by atoms with E-state index in [2.05, 4.69) is 29.6 Å². The van der Waals surface area contributed by atoms with Crippen molar-refractivity contribution in [3.63, 3.8) is 0 Å². The quantitative estimate of drug-likeness (QED) is 0.766. The largest absolute Gasteiger partial charge is 0.469 e. The Balaban J connectivity index is 1.79. The molecule has 0 fully saturated rings. The third-order valence-corrected chi connectivity index (χ3v) is 4.23. The molecule has 1 amide bonds. The number of carbonyl (C=O) groups is 1. The number of benzene rings is 2. The van der Waals surface area contributed by atoms with E-state index < -0.39 is 0 Å². The molecule has 104 valence electrons.